The second-order valence-electron chi connectivity index (χ2n) is 7.23. The van der Waals surface area contributed by atoms with Crippen molar-refractivity contribution < 1.29 is 23.6 Å². The van der Waals surface area contributed by atoms with Gasteiger partial charge < -0.3 is 14.0 Å². The molecule has 32 heavy (non-hydrogen) atoms. The molecule has 3 aliphatic rings. The summed E-state index contributed by atoms with van der Waals surface area (Å²) in [5.41, 5.74) is 0.999. The largest absolute Gasteiger partial charge is 0.454 e. The smallest absolute Gasteiger partial charge is 0.263 e. The maximum Gasteiger partial charge on any atom is 0.263 e. The van der Waals surface area contributed by atoms with Crippen molar-refractivity contribution >= 4 is 29.1 Å². The fourth-order valence-electron chi connectivity index (χ4n) is 3.84. The lowest BCUT2D eigenvalue weighted by Gasteiger charge is -2.19. The van der Waals surface area contributed by atoms with Crippen LogP contribution in [-0.2, 0) is 16.1 Å². The van der Waals surface area contributed by atoms with Gasteiger partial charge in [0.1, 0.15) is 6.54 Å². The quantitative estimate of drug-likeness (QED) is 0.553. The topological polar surface area (TPSA) is 123 Å². The Balaban J connectivity index is 1.24. The number of imide groups is 1. The number of amides is 2. The van der Waals surface area contributed by atoms with Crippen LogP contribution in [0.15, 0.2) is 57.3 Å². The van der Waals surface area contributed by atoms with Crippen molar-refractivity contribution in [1.82, 2.24) is 15.1 Å². The Morgan fingerprint density at radius 1 is 1.06 bits per heavy atom. The summed E-state index contributed by atoms with van der Waals surface area (Å²) in [5.74, 6) is 0.633. The van der Waals surface area contributed by atoms with Crippen molar-refractivity contribution in [3.63, 3.8) is 0 Å². The lowest BCUT2D eigenvalue weighted by molar-refractivity contribution is -0.123. The minimum Gasteiger partial charge on any atom is -0.454 e. The number of halogens is 1. The number of anilines is 1. The Hall–Kier alpha value is -3.99. The molecule has 11 nitrogen and oxygen atoms in total. The minimum absolute atomic E-state index is 0.0100. The van der Waals surface area contributed by atoms with Crippen LogP contribution in [0.25, 0.3) is 11.4 Å². The summed E-state index contributed by atoms with van der Waals surface area (Å²) in [4.78, 5) is 31.5. The lowest BCUT2D eigenvalue weighted by Crippen LogP contribution is -2.39. The molecule has 2 atom stereocenters. The van der Waals surface area contributed by atoms with Gasteiger partial charge in [-0.2, -0.15) is 10.1 Å². The summed E-state index contributed by atoms with van der Waals surface area (Å²) in [6, 6.07) is 10.1. The van der Waals surface area contributed by atoms with Gasteiger partial charge in [-0.1, -0.05) is 34.1 Å². The van der Waals surface area contributed by atoms with Gasteiger partial charge in [0.15, 0.2) is 23.6 Å². The van der Waals surface area contributed by atoms with Gasteiger partial charge >= 0.3 is 0 Å². The third kappa shape index (κ3) is 2.82. The number of carbonyl (C=O) groups is 2. The van der Waals surface area contributed by atoms with Gasteiger partial charge in [-0.25, -0.2) is 4.90 Å². The molecule has 0 saturated carbocycles. The average Bonchev–Trinajstić information content (AvgIpc) is 3.56. The van der Waals surface area contributed by atoms with E-state index in [0.717, 1.165) is 4.90 Å². The lowest BCUT2D eigenvalue weighted by atomic mass is 10.1. The zero-order valence-electron chi connectivity index (χ0n) is 16.2. The van der Waals surface area contributed by atoms with Crippen molar-refractivity contribution in [1.29, 1.82) is 0 Å². The number of rotatable bonds is 4. The molecular formula is C20H13ClN6O5. The fraction of sp³-hybridized carbons (Fsp3) is 0.200. The van der Waals surface area contributed by atoms with E-state index in [2.05, 4.69) is 20.5 Å². The molecule has 0 aliphatic carbocycles. The van der Waals surface area contributed by atoms with Crippen LogP contribution in [0.3, 0.4) is 0 Å². The zero-order chi connectivity index (χ0) is 21.8. The van der Waals surface area contributed by atoms with Gasteiger partial charge in [0.25, 0.3) is 11.8 Å². The molecular weight excluding hydrogens is 440 g/mol. The zero-order valence-corrected chi connectivity index (χ0v) is 17.0. The molecule has 12 heteroatoms. The van der Waals surface area contributed by atoms with E-state index in [0.29, 0.717) is 33.6 Å². The number of ether oxygens (including phenoxy) is 2. The number of carbonyl (C=O) groups excluding carboxylic acids is 2. The highest BCUT2D eigenvalue weighted by Crippen LogP contribution is 2.39. The highest BCUT2D eigenvalue weighted by atomic mass is 35.5. The van der Waals surface area contributed by atoms with Gasteiger partial charge in [0, 0.05) is 11.6 Å². The van der Waals surface area contributed by atoms with E-state index >= 15 is 0 Å². The minimum atomic E-state index is -0.945. The number of fused-ring (bicyclic) bond motifs is 2. The van der Waals surface area contributed by atoms with Crippen LogP contribution >= 0.6 is 11.6 Å². The van der Waals surface area contributed by atoms with E-state index < -0.39 is 23.9 Å². The fourth-order valence-corrected chi connectivity index (χ4v) is 4.06. The molecule has 2 aromatic carbocycles. The highest BCUT2D eigenvalue weighted by Gasteiger charge is 2.55. The molecule has 4 heterocycles. The second-order valence-corrected chi connectivity index (χ2v) is 7.64. The molecule has 6 rings (SSSR count). The van der Waals surface area contributed by atoms with E-state index in [1.54, 1.807) is 36.4 Å². The van der Waals surface area contributed by atoms with E-state index in [1.807, 2.05) is 6.07 Å². The number of hydrogen-bond acceptors (Lipinski definition) is 10. The molecule has 0 N–H and O–H groups in total. The number of nitrogens with zero attached hydrogens (tertiary/aromatic N) is 6. The number of aromatic nitrogens is 2. The van der Waals surface area contributed by atoms with E-state index in [1.165, 1.54) is 5.01 Å². The molecule has 3 aromatic rings. The number of hydrogen-bond donors (Lipinski definition) is 0. The Kier molecular flexibility index (Phi) is 4.12. The summed E-state index contributed by atoms with van der Waals surface area (Å²) in [7, 11) is 0. The summed E-state index contributed by atoms with van der Waals surface area (Å²) in [5, 5.41) is 13.8. The van der Waals surface area contributed by atoms with Crippen LogP contribution in [0, 0.1) is 0 Å². The van der Waals surface area contributed by atoms with Crippen molar-refractivity contribution in [2.24, 2.45) is 10.3 Å². The normalized spacial score (nSPS) is 21.0. The first-order chi connectivity index (χ1) is 15.6. The Bertz CT molecular complexity index is 1290. The Morgan fingerprint density at radius 3 is 2.78 bits per heavy atom. The summed E-state index contributed by atoms with van der Waals surface area (Å²) < 4.78 is 15.9. The van der Waals surface area contributed by atoms with Gasteiger partial charge in [-0.3, -0.25) is 14.6 Å². The maximum atomic E-state index is 13.2. The molecule has 1 aromatic heterocycles. The standard InChI is InChI=1S/C20H13ClN6O5/c21-12-4-2-1-3-11(12)18-22-15(32-24-18)8-26-17-16(23-25-26)19(28)27(20(17)29)10-5-6-13-14(7-10)31-9-30-13/h1-7,16-17H,8-9H2/t16-,17+/m1/s1. The first-order valence-corrected chi connectivity index (χ1v) is 10.0. The Labute approximate surface area is 185 Å². The predicted octanol–water partition coefficient (Wildman–Crippen LogP) is 2.61. The van der Waals surface area contributed by atoms with Crippen molar-refractivity contribution in [2.45, 2.75) is 18.6 Å². The summed E-state index contributed by atoms with van der Waals surface area (Å²) >= 11 is 6.19. The van der Waals surface area contributed by atoms with Crippen molar-refractivity contribution in [3.8, 4) is 22.9 Å². The monoisotopic (exact) mass is 452 g/mol. The van der Waals surface area contributed by atoms with Gasteiger partial charge in [-0.15, -0.1) is 0 Å². The summed E-state index contributed by atoms with van der Waals surface area (Å²) in [6.07, 6.45) is 0. The highest BCUT2D eigenvalue weighted by molar-refractivity contribution is 6.33. The third-order valence-electron chi connectivity index (χ3n) is 5.35. The van der Waals surface area contributed by atoms with Gasteiger partial charge in [0.05, 0.1) is 10.7 Å². The van der Waals surface area contributed by atoms with E-state index in [4.69, 9.17) is 25.6 Å². The Morgan fingerprint density at radius 2 is 1.91 bits per heavy atom. The predicted molar refractivity (Wildman–Crippen MR) is 108 cm³/mol. The number of benzene rings is 2. The van der Waals surface area contributed by atoms with Crippen molar-refractivity contribution in [3.05, 3.63) is 53.4 Å². The van der Waals surface area contributed by atoms with Crippen molar-refractivity contribution in [2.75, 3.05) is 11.7 Å². The van der Waals surface area contributed by atoms with Crippen LogP contribution in [0.1, 0.15) is 5.89 Å². The molecule has 3 aliphatic heterocycles. The molecule has 0 bridgehead atoms. The molecule has 1 fully saturated rings. The molecule has 2 amide bonds. The molecule has 0 unspecified atom stereocenters. The van der Waals surface area contributed by atoms with Crippen LogP contribution in [0.2, 0.25) is 5.02 Å². The van der Waals surface area contributed by atoms with E-state index in [-0.39, 0.29) is 19.2 Å². The average molecular weight is 453 g/mol. The molecule has 0 radical (unpaired) electrons. The van der Waals surface area contributed by atoms with Crippen LogP contribution < -0.4 is 14.4 Å². The van der Waals surface area contributed by atoms with Crippen LogP contribution in [0.4, 0.5) is 5.69 Å². The maximum absolute atomic E-state index is 13.2. The molecule has 160 valence electrons. The molecule has 0 spiro atoms. The molecule has 1 saturated heterocycles. The first-order valence-electron chi connectivity index (χ1n) is 9.62. The SMILES string of the molecule is O=C1[C@@H]2[C@@H](N=NN2Cc2nc(-c3ccccc3Cl)no2)C(=O)N1c1ccc2c(c1)OCO2. The summed E-state index contributed by atoms with van der Waals surface area (Å²) in [6.45, 7) is 0.102. The first kappa shape index (κ1) is 18.8. The van der Waals surface area contributed by atoms with Crippen LogP contribution in [0.5, 0.6) is 11.5 Å². The van der Waals surface area contributed by atoms with E-state index in [9.17, 15) is 9.59 Å². The van der Waals surface area contributed by atoms with Gasteiger partial charge in [0.2, 0.25) is 18.5 Å². The third-order valence-corrected chi connectivity index (χ3v) is 5.68. The van der Waals surface area contributed by atoms with Gasteiger partial charge in [-0.05, 0) is 24.3 Å². The van der Waals surface area contributed by atoms with Crippen LogP contribution in [-0.4, -0.2) is 45.8 Å². The second kappa shape index (κ2) is 7.02.